The molecule has 0 amide bonds. The maximum absolute atomic E-state index is 9.83. The van der Waals surface area contributed by atoms with Crippen molar-refractivity contribution >= 4 is 22.6 Å². The van der Waals surface area contributed by atoms with Gasteiger partial charge in [-0.2, -0.15) is 0 Å². The average molecular weight is 382 g/mol. The minimum atomic E-state index is -1.43. The van der Waals surface area contributed by atoms with E-state index in [4.69, 9.17) is 14.6 Å². The van der Waals surface area contributed by atoms with E-state index >= 15 is 0 Å². The number of hydrogen-bond acceptors (Lipinski definition) is 6. The molecule has 106 valence electrons. The molecule has 1 aromatic carbocycles. The Labute approximate surface area is 123 Å². The van der Waals surface area contributed by atoms with E-state index in [9.17, 15) is 15.3 Å². The van der Waals surface area contributed by atoms with E-state index in [0.717, 1.165) is 3.57 Å². The summed E-state index contributed by atoms with van der Waals surface area (Å²) in [4.78, 5) is 0. The van der Waals surface area contributed by atoms with Crippen molar-refractivity contribution in [3.05, 3.63) is 27.8 Å². The summed E-state index contributed by atoms with van der Waals surface area (Å²) in [5.41, 5.74) is 0. The number of para-hydroxylation sites is 1. The van der Waals surface area contributed by atoms with Crippen LogP contribution in [-0.4, -0.2) is 57.7 Å². The van der Waals surface area contributed by atoms with E-state index in [0.29, 0.717) is 5.75 Å². The summed E-state index contributed by atoms with van der Waals surface area (Å²) in [5, 5.41) is 38.2. The number of rotatable bonds is 3. The van der Waals surface area contributed by atoms with Crippen molar-refractivity contribution in [1.29, 1.82) is 0 Å². The van der Waals surface area contributed by atoms with E-state index in [1.165, 1.54) is 0 Å². The van der Waals surface area contributed by atoms with Crippen molar-refractivity contribution in [1.82, 2.24) is 0 Å². The Morgan fingerprint density at radius 3 is 2.42 bits per heavy atom. The van der Waals surface area contributed by atoms with Gasteiger partial charge in [0, 0.05) is 0 Å². The summed E-state index contributed by atoms with van der Waals surface area (Å²) >= 11 is 2.06. The lowest BCUT2D eigenvalue weighted by Crippen LogP contribution is -2.60. The molecule has 0 bridgehead atoms. The number of aliphatic hydroxyl groups is 4. The van der Waals surface area contributed by atoms with Gasteiger partial charge in [0.25, 0.3) is 0 Å². The van der Waals surface area contributed by atoms with Crippen LogP contribution in [0.4, 0.5) is 0 Å². The van der Waals surface area contributed by atoms with Gasteiger partial charge in [0.2, 0.25) is 6.29 Å². The molecule has 1 aromatic rings. The van der Waals surface area contributed by atoms with Crippen LogP contribution in [0.25, 0.3) is 0 Å². The van der Waals surface area contributed by atoms with Gasteiger partial charge in [-0.15, -0.1) is 0 Å². The maximum Gasteiger partial charge on any atom is 0.229 e. The lowest BCUT2D eigenvalue weighted by molar-refractivity contribution is -0.277. The molecule has 1 heterocycles. The number of hydrogen-bond donors (Lipinski definition) is 4. The lowest BCUT2D eigenvalue weighted by Gasteiger charge is -2.39. The highest BCUT2D eigenvalue weighted by Gasteiger charge is 2.44. The Hall–Kier alpha value is -0.450. The molecular weight excluding hydrogens is 367 g/mol. The van der Waals surface area contributed by atoms with Gasteiger partial charge in [-0.3, -0.25) is 0 Å². The molecule has 6 nitrogen and oxygen atoms in total. The second kappa shape index (κ2) is 6.33. The van der Waals surface area contributed by atoms with Gasteiger partial charge in [0.05, 0.1) is 10.2 Å². The van der Waals surface area contributed by atoms with Gasteiger partial charge >= 0.3 is 0 Å². The summed E-state index contributed by atoms with van der Waals surface area (Å²) in [7, 11) is 0. The van der Waals surface area contributed by atoms with Crippen molar-refractivity contribution < 1.29 is 29.9 Å². The summed E-state index contributed by atoms with van der Waals surface area (Å²) in [5.74, 6) is 0.493. The minimum absolute atomic E-state index is 0.476. The molecule has 1 aliphatic rings. The quantitative estimate of drug-likeness (QED) is 0.525. The maximum atomic E-state index is 9.83. The SMILES string of the molecule is OC[C@H]1O[C@@H](Oc2ccccc2I)[C@H](O)[C@@H](O)[C@H]1O. The molecule has 0 aromatic heterocycles. The first-order valence-electron chi connectivity index (χ1n) is 5.76. The van der Waals surface area contributed by atoms with Crippen LogP contribution in [0.3, 0.4) is 0 Å². The third-order valence-electron chi connectivity index (χ3n) is 2.93. The molecule has 1 aliphatic heterocycles. The predicted molar refractivity (Wildman–Crippen MR) is 73.6 cm³/mol. The first kappa shape index (κ1) is 14.9. The molecule has 1 fully saturated rings. The minimum Gasteiger partial charge on any atom is -0.461 e. The molecule has 5 atom stereocenters. The smallest absolute Gasteiger partial charge is 0.229 e. The van der Waals surface area contributed by atoms with Gasteiger partial charge in [-0.1, -0.05) is 12.1 Å². The predicted octanol–water partition coefficient (Wildman–Crippen LogP) is -0.530. The van der Waals surface area contributed by atoms with E-state index in [2.05, 4.69) is 22.6 Å². The van der Waals surface area contributed by atoms with Crippen LogP contribution in [0.1, 0.15) is 0 Å². The van der Waals surface area contributed by atoms with E-state index in [1.54, 1.807) is 12.1 Å². The van der Waals surface area contributed by atoms with Crippen molar-refractivity contribution in [2.45, 2.75) is 30.7 Å². The van der Waals surface area contributed by atoms with Crippen molar-refractivity contribution in [2.75, 3.05) is 6.61 Å². The van der Waals surface area contributed by atoms with E-state index in [-0.39, 0.29) is 0 Å². The van der Waals surface area contributed by atoms with Crippen LogP contribution < -0.4 is 4.74 Å². The molecule has 0 radical (unpaired) electrons. The highest BCUT2D eigenvalue weighted by Crippen LogP contribution is 2.26. The molecule has 0 spiro atoms. The fourth-order valence-electron chi connectivity index (χ4n) is 1.83. The second-order valence-electron chi connectivity index (χ2n) is 4.25. The highest BCUT2D eigenvalue weighted by atomic mass is 127. The first-order valence-corrected chi connectivity index (χ1v) is 6.84. The molecule has 1 saturated heterocycles. The van der Waals surface area contributed by atoms with Gasteiger partial charge in [0.15, 0.2) is 0 Å². The Morgan fingerprint density at radius 1 is 1.11 bits per heavy atom. The van der Waals surface area contributed by atoms with Crippen LogP contribution in [-0.2, 0) is 4.74 Å². The lowest BCUT2D eigenvalue weighted by atomic mass is 9.99. The average Bonchev–Trinajstić information content (AvgIpc) is 2.41. The fourth-order valence-corrected chi connectivity index (χ4v) is 2.34. The van der Waals surface area contributed by atoms with Crippen molar-refractivity contribution in [2.24, 2.45) is 0 Å². The van der Waals surface area contributed by atoms with Crippen LogP contribution in [0, 0.1) is 3.57 Å². The normalized spacial score (nSPS) is 35.1. The topological polar surface area (TPSA) is 99.4 Å². The number of ether oxygens (including phenoxy) is 2. The van der Waals surface area contributed by atoms with Crippen LogP contribution in [0.15, 0.2) is 24.3 Å². The van der Waals surface area contributed by atoms with Crippen LogP contribution >= 0.6 is 22.6 Å². The summed E-state index contributed by atoms with van der Waals surface area (Å²) in [6.45, 7) is -0.476. The Bertz CT molecular complexity index is 426. The number of halogens is 1. The van der Waals surface area contributed by atoms with E-state index < -0.39 is 37.3 Å². The standard InChI is InChI=1S/C12H15IO6/c13-6-3-1-2-4-7(6)18-12-11(17)10(16)9(15)8(5-14)19-12/h1-4,8-12,14-17H,5H2/t8-,9+,10+,11-,12-/m1/s1. The van der Waals surface area contributed by atoms with E-state index in [1.807, 2.05) is 12.1 Å². The molecule has 7 heteroatoms. The molecule has 19 heavy (non-hydrogen) atoms. The molecular formula is C12H15IO6. The molecule has 2 rings (SSSR count). The molecule has 4 N–H and O–H groups in total. The zero-order valence-corrected chi connectivity index (χ0v) is 12.0. The van der Waals surface area contributed by atoms with Crippen molar-refractivity contribution in [3.63, 3.8) is 0 Å². The Kier molecular flexibility index (Phi) is 4.98. The van der Waals surface area contributed by atoms with Gasteiger partial charge < -0.3 is 29.9 Å². The first-order chi connectivity index (χ1) is 9.04. The fraction of sp³-hybridized carbons (Fsp3) is 0.500. The summed E-state index contributed by atoms with van der Waals surface area (Å²) < 4.78 is 11.6. The van der Waals surface area contributed by atoms with Gasteiger partial charge in [-0.05, 0) is 34.7 Å². The zero-order chi connectivity index (χ0) is 14.0. The molecule has 0 aliphatic carbocycles. The highest BCUT2D eigenvalue weighted by molar-refractivity contribution is 14.1. The Morgan fingerprint density at radius 2 is 1.79 bits per heavy atom. The van der Waals surface area contributed by atoms with Gasteiger partial charge in [-0.25, -0.2) is 0 Å². The largest absolute Gasteiger partial charge is 0.461 e. The zero-order valence-electron chi connectivity index (χ0n) is 9.89. The molecule has 0 saturated carbocycles. The monoisotopic (exact) mass is 382 g/mol. The number of benzene rings is 1. The molecule has 0 unspecified atom stereocenters. The number of aliphatic hydroxyl groups excluding tert-OH is 4. The third-order valence-corrected chi connectivity index (χ3v) is 3.82. The third kappa shape index (κ3) is 3.18. The van der Waals surface area contributed by atoms with Crippen molar-refractivity contribution in [3.8, 4) is 5.75 Å². The van der Waals surface area contributed by atoms with Crippen LogP contribution in [0.5, 0.6) is 5.75 Å². The summed E-state index contributed by atoms with van der Waals surface area (Å²) in [6.07, 6.45) is -6.32. The Balaban J connectivity index is 2.13. The second-order valence-corrected chi connectivity index (χ2v) is 5.41. The summed E-state index contributed by atoms with van der Waals surface area (Å²) in [6, 6.07) is 7.12. The van der Waals surface area contributed by atoms with Gasteiger partial charge in [0.1, 0.15) is 30.2 Å². The van der Waals surface area contributed by atoms with Crippen LogP contribution in [0.2, 0.25) is 0 Å².